The summed E-state index contributed by atoms with van der Waals surface area (Å²) < 4.78 is 0. The van der Waals surface area contributed by atoms with Gasteiger partial charge < -0.3 is 10.4 Å². The van der Waals surface area contributed by atoms with Crippen LogP contribution in [-0.4, -0.2) is 23.5 Å². The van der Waals surface area contributed by atoms with Gasteiger partial charge in [-0.2, -0.15) is 0 Å². The van der Waals surface area contributed by atoms with E-state index in [2.05, 4.69) is 30.4 Å². The Morgan fingerprint density at radius 1 is 1.38 bits per heavy atom. The monoisotopic (exact) mass is 239 g/mol. The molecule has 0 aromatic heterocycles. The second-order valence-corrected chi connectivity index (χ2v) is 5.63. The van der Waals surface area contributed by atoms with E-state index in [9.17, 15) is 5.11 Å². The van der Waals surface area contributed by atoms with Crippen LogP contribution in [0.2, 0.25) is 0 Å². The van der Waals surface area contributed by atoms with Gasteiger partial charge in [-0.25, -0.2) is 0 Å². The summed E-state index contributed by atoms with van der Waals surface area (Å²) >= 11 is 1.72. The van der Waals surface area contributed by atoms with Gasteiger partial charge in [-0.3, -0.25) is 0 Å². The molecule has 0 spiro atoms. The molecule has 90 valence electrons. The number of thioether (sulfide) groups is 1. The van der Waals surface area contributed by atoms with Crippen LogP contribution >= 0.6 is 11.8 Å². The van der Waals surface area contributed by atoms with Gasteiger partial charge in [0.1, 0.15) is 0 Å². The van der Waals surface area contributed by atoms with E-state index in [4.69, 9.17) is 0 Å². The van der Waals surface area contributed by atoms with Crippen molar-refractivity contribution in [1.29, 1.82) is 0 Å². The van der Waals surface area contributed by atoms with Crippen molar-refractivity contribution in [3.05, 3.63) is 29.3 Å². The Morgan fingerprint density at radius 3 is 2.56 bits per heavy atom. The van der Waals surface area contributed by atoms with Gasteiger partial charge in [0.2, 0.25) is 0 Å². The van der Waals surface area contributed by atoms with Crippen molar-refractivity contribution in [2.45, 2.75) is 43.6 Å². The molecule has 0 saturated heterocycles. The predicted octanol–water partition coefficient (Wildman–Crippen LogP) is 2.58. The molecule has 0 aliphatic carbocycles. The molecule has 1 aromatic carbocycles. The molecular weight excluding hydrogens is 218 g/mol. The third-order valence-corrected chi connectivity index (χ3v) is 3.97. The van der Waals surface area contributed by atoms with E-state index in [1.165, 1.54) is 16.0 Å². The van der Waals surface area contributed by atoms with Crippen LogP contribution in [0.3, 0.4) is 0 Å². The van der Waals surface area contributed by atoms with Crippen LogP contribution in [0.1, 0.15) is 25.0 Å². The average Bonchev–Trinajstić information content (AvgIpc) is 2.22. The molecule has 0 aliphatic heterocycles. The maximum atomic E-state index is 9.46. The normalized spacial score (nSPS) is 14.8. The first-order valence-electron chi connectivity index (χ1n) is 5.63. The topological polar surface area (TPSA) is 32.3 Å². The lowest BCUT2D eigenvalue weighted by Gasteiger charge is -2.15. The molecule has 2 atom stereocenters. The fourth-order valence-corrected chi connectivity index (χ4v) is 2.46. The summed E-state index contributed by atoms with van der Waals surface area (Å²) in [6.07, 6.45) is -0.276. The van der Waals surface area contributed by atoms with Crippen LogP contribution in [-0.2, 0) is 6.54 Å². The smallest absolute Gasteiger partial charge is 0.0631 e. The molecule has 0 saturated carbocycles. The highest BCUT2D eigenvalue weighted by molar-refractivity contribution is 8.00. The minimum Gasteiger partial charge on any atom is -0.392 e. The molecule has 2 N–H and O–H groups in total. The minimum atomic E-state index is -0.276. The van der Waals surface area contributed by atoms with Crippen molar-refractivity contribution in [2.75, 3.05) is 7.05 Å². The van der Waals surface area contributed by atoms with Crippen molar-refractivity contribution in [3.63, 3.8) is 0 Å². The minimum absolute atomic E-state index is 0.231. The number of aliphatic hydroxyl groups is 1. The Balaban J connectivity index is 2.73. The molecule has 0 amide bonds. The van der Waals surface area contributed by atoms with E-state index in [1.54, 1.807) is 11.8 Å². The van der Waals surface area contributed by atoms with E-state index < -0.39 is 0 Å². The Morgan fingerprint density at radius 2 is 2.06 bits per heavy atom. The van der Waals surface area contributed by atoms with Gasteiger partial charge in [0.25, 0.3) is 0 Å². The fourth-order valence-electron chi connectivity index (χ4n) is 1.44. The number of hydrogen-bond donors (Lipinski definition) is 2. The SMILES string of the molecule is CNCc1ccc(SC(C)C(C)O)cc1C. The van der Waals surface area contributed by atoms with Crippen molar-refractivity contribution >= 4 is 11.8 Å². The molecule has 0 aliphatic rings. The number of hydrogen-bond acceptors (Lipinski definition) is 3. The maximum Gasteiger partial charge on any atom is 0.0631 e. The van der Waals surface area contributed by atoms with E-state index in [0.29, 0.717) is 0 Å². The molecule has 1 aromatic rings. The summed E-state index contributed by atoms with van der Waals surface area (Å²) in [5.41, 5.74) is 2.63. The molecular formula is C13H21NOS. The molecule has 1 rings (SSSR count). The Kier molecular flexibility index (Phi) is 5.32. The van der Waals surface area contributed by atoms with Crippen LogP contribution in [0.15, 0.2) is 23.1 Å². The van der Waals surface area contributed by atoms with Gasteiger partial charge in [-0.05, 0) is 44.2 Å². The van der Waals surface area contributed by atoms with Gasteiger partial charge in [0, 0.05) is 16.7 Å². The Labute approximate surface area is 102 Å². The molecule has 2 unspecified atom stereocenters. The molecule has 0 fully saturated rings. The predicted molar refractivity (Wildman–Crippen MR) is 70.9 cm³/mol. The van der Waals surface area contributed by atoms with Crippen molar-refractivity contribution in [3.8, 4) is 0 Å². The lowest BCUT2D eigenvalue weighted by atomic mass is 10.1. The zero-order chi connectivity index (χ0) is 12.1. The molecule has 3 heteroatoms. The standard InChI is InChI=1S/C13H21NOS/c1-9-7-13(16-11(3)10(2)15)6-5-12(9)8-14-4/h5-7,10-11,14-15H,8H2,1-4H3. The van der Waals surface area contributed by atoms with Crippen molar-refractivity contribution < 1.29 is 5.11 Å². The molecule has 0 radical (unpaired) electrons. The number of aliphatic hydroxyl groups excluding tert-OH is 1. The summed E-state index contributed by atoms with van der Waals surface area (Å²) in [4.78, 5) is 1.23. The zero-order valence-corrected chi connectivity index (χ0v) is 11.3. The van der Waals surface area contributed by atoms with E-state index in [1.807, 2.05) is 20.9 Å². The lowest BCUT2D eigenvalue weighted by molar-refractivity contribution is 0.196. The average molecular weight is 239 g/mol. The van der Waals surface area contributed by atoms with Gasteiger partial charge in [-0.15, -0.1) is 11.8 Å². The van der Waals surface area contributed by atoms with Crippen LogP contribution < -0.4 is 5.32 Å². The van der Waals surface area contributed by atoms with Crippen LogP contribution in [0, 0.1) is 6.92 Å². The first-order chi connectivity index (χ1) is 7.54. The lowest BCUT2D eigenvalue weighted by Crippen LogP contribution is -2.14. The second-order valence-electron chi connectivity index (χ2n) is 4.18. The summed E-state index contributed by atoms with van der Waals surface area (Å²) in [6.45, 7) is 6.92. The molecule has 2 nitrogen and oxygen atoms in total. The fraction of sp³-hybridized carbons (Fsp3) is 0.538. The third kappa shape index (κ3) is 3.81. The summed E-state index contributed by atoms with van der Waals surface area (Å²) in [5, 5.41) is 12.8. The number of benzene rings is 1. The highest BCUT2D eigenvalue weighted by Crippen LogP contribution is 2.27. The van der Waals surface area contributed by atoms with Crippen molar-refractivity contribution in [2.24, 2.45) is 0 Å². The van der Waals surface area contributed by atoms with Crippen LogP contribution in [0.4, 0.5) is 0 Å². The van der Waals surface area contributed by atoms with E-state index in [-0.39, 0.29) is 11.4 Å². The molecule has 0 heterocycles. The number of rotatable bonds is 5. The number of aryl methyl sites for hydroxylation is 1. The first kappa shape index (κ1) is 13.6. The highest BCUT2D eigenvalue weighted by atomic mass is 32.2. The Hall–Kier alpha value is -0.510. The summed E-state index contributed by atoms with van der Waals surface area (Å²) in [6, 6.07) is 6.47. The summed E-state index contributed by atoms with van der Waals surface area (Å²) in [5.74, 6) is 0. The molecule has 0 bridgehead atoms. The summed E-state index contributed by atoms with van der Waals surface area (Å²) in [7, 11) is 1.96. The van der Waals surface area contributed by atoms with Crippen molar-refractivity contribution in [1.82, 2.24) is 5.32 Å². The van der Waals surface area contributed by atoms with Gasteiger partial charge >= 0.3 is 0 Å². The van der Waals surface area contributed by atoms with Crippen LogP contribution in [0.5, 0.6) is 0 Å². The number of nitrogens with one attached hydrogen (secondary N) is 1. The highest BCUT2D eigenvalue weighted by Gasteiger charge is 2.10. The van der Waals surface area contributed by atoms with Gasteiger partial charge in [-0.1, -0.05) is 13.0 Å². The van der Waals surface area contributed by atoms with E-state index in [0.717, 1.165) is 6.54 Å². The maximum absolute atomic E-state index is 9.46. The first-order valence-corrected chi connectivity index (χ1v) is 6.51. The Bertz CT molecular complexity index is 339. The zero-order valence-electron chi connectivity index (χ0n) is 10.4. The second kappa shape index (κ2) is 6.28. The van der Waals surface area contributed by atoms with E-state index >= 15 is 0 Å². The van der Waals surface area contributed by atoms with Crippen LogP contribution in [0.25, 0.3) is 0 Å². The third-order valence-electron chi connectivity index (χ3n) is 2.68. The molecule has 16 heavy (non-hydrogen) atoms. The van der Waals surface area contributed by atoms with Gasteiger partial charge in [0.05, 0.1) is 6.10 Å². The largest absolute Gasteiger partial charge is 0.392 e. The quantitative estimate of drug-likeness (QED) is 0.775. The van der Waals surface area contributed by atoms with Gasteiger partial charge in [0.15, 0.2) is 0 Å².